The van der Waals surface area contributed by atoms with Crippen LogP contribution in [0.4, 0.5) is 0 Å². The molecule has 6 heteroatoms. The fourth-order valence-corrected chi connectivity index (χ4v) is 3.85. The number of pyridine rings is 1. The predicted molar refractivity (Wildman–Crippen MR) is 114 cm³/mol. The van der Waals surface area contributed by atoms with Crippen molar-refractivity contribution in [2.45, 2.75) is 39.7 Å². The summed E-state index contributed by atoms with van der Waals surface area (Å²) >= 11 is 1.57. The Morgan fingerprint density at radius 1 is 1.14 bits per heavy atom. The monoisotopic (exact) mass is 395 g/mol. The Morgan fingerprint density at radius 2 is 1.89 bits per heavy atom. The summed E-state index contributed by atoms with van der Waals surface area (Å²) in [5.41, 5.74) is 7.13. The number of nitrogens with zero attached hydrogens (tertiary/aromatic N) is 2. The van der Waals surface area contributed by atoms with Gasteiger partial charge < -0.3 is 10.4 Å². The van der Waals surface area contributed by atoms with Gasteiger partial charge in [0, 0.05) is 23.4 Å². The number of aryl methyl sites for hydroxylation is 1. The van der Waals surface area contributed by atoms with Crippen LogP contribution in [0.2, 0.25) is 0 Å². The molecule has 0 radical (unpaired) electrons. The van der Waals surface area contributed by atoms with Crippen molar-refractivity contribution < 1.29 is 9.90 Å². The second-order valence-electron chi connectivity index (χ2n) is 7.30. The first-order valence-electron chi connectivity index (χ1n) is 9.32. The maximum Gasteiger partial charge on any atom is 0.251 e. The summed E-state index contributed by atoms with van der Waals surface area (Å²) in [5, 5.41) is 12.1. The number of hydrogen-bond acceptors (Lipinski definition) is 5. The van der Waals surface area contributed by atoms with E-state index >= 15 is 0 Å². The number of rotatable bonds is 6. The van der Waals surface area contributed by atoms with Crippen LogP contribution in [0.1, 0.15) is 48.3 Å². The zero-order valence-corrected chi connectivity index (χ0v) is 17.4. The van der Waals surface area contributed by atoms with Gasteiger partial charge in [-0.2, -0.15) is 0 Å². The molecule has 3 aromatic rings. The smallest absolute Gasteiger partial charge is 0.251 e. The average molecular weight is 396 g/mol. The molecule has 2 aromatic heterocycles. The van der Waals surface area contributed by atoms with Gasteiger partial charge in [0.05, 0.1) is 28.4 Å². The highest BCUT2D eigenvalue weighted by Crippen LogP contribution is 2.35. The summed E-state index contributed by atoms with van der Waals surface area (Å²) in [6.07, 6.45) is 1.82. The summed E-state index contributed by atoms with van der Waals surface area (Å²) in [6.45, 7) is 7.88. The number of benzene rings is 1. The Bertz CT molecular complexity index is 964. The Kier molecular flexibility index (Phi) is 6.21. The van der Waals surface area contributed by atoms with E-state index in [4.69, 9.17) is 0 Å². The molecule has 3 rings (SSSR count). The standard InChI is InChI=1S/C22H25N3O2S/c1-13(2)20-21(28-12-24-20)17-7-16(19-6-5-14(3)10-23-19)8-18(9-17)22(27)25-15(4)11-26/h5-10,12-13,15,26H,11H2,1-4H3,(H,25,27)/t15-/m0/s1. The highest BCUT2D eigenvalue weighted by molar-refractivity contribution is 7.13. The van der Waals surface area contributed by atoms with Crippen molar-refractivity contribution in [3.05, 3.63) is 58.9 Å². The molecule has 0 unspecified atom stereocenters. The molecule has 0 saturated carbocycles. The molecule has 1 amide bonds. The summed E-state index contributed by atoms with van der Waals surface area (Å²) in [4.78, 5) is 22.8. The summed E-state index contributed by atoms with van der Waals surface area (Å²) in [5.74, 6) is 0.0708. The van der Waals surface area contributed by atoms with Gasteiger partial charge in [0.1, 0.15) is 0 Å². The first-order valence-corrected chi connectivity index (χ1v) is 10.2. The molecule has 0 fully saturated rings. The first-order chi connectivity index (χ1) is 13.4. The van der Waals surface area contributed by atoms with E-state index in [0.717, 1.165) is 33.0 Å². The van der Waals surface area contributed by atoms with Crippen LogP contribution in [0.3, 0.4) is 0 Å². The van der Waals surface area contributed by atoms with Crippen LogP contribution in [-0.4, -0.2) is 33.6 Å². The van der Waals surface area contributed by atoms with Crippen LogP contribution in [0.5, 0.6) is 0 Å². The summed E-state index contributed by atoms with van der Waals surface area (Å²) < 4.78 is 0. The molecule has 0 aliphatic rings. The molecule has 0 spiro atoms. The number of aliphatic hydroxyl groups excluding tert-OH is 1. The van der Waals surface area contributed by atoms with E-state index in [1.54, 1.807) is 18.3 Å². The molecule has 0 saturated heterocycles. The lowest BCUT2D eigenvalue weighted by atomic mass is 9.98. The summed E-state index contributed by atoms with van der Waals surface area (Å²) in [7, 11) is 0. The minimum atomic E-state index is -0.313. The number of amides is 1. The van der Waals surface area contributed by atoms with Crippen LogP contribution in [0.25, 0.3) is 21.7 Å². The van der Waals surface area contributed by atoms with Gasteiger partial charge in [0.2, 0.25) is 0 Å². The van der Waals surface area contributed by atoms with Gasteiger partial charge in [-0.15, -0.1) is 11.3 Å². The van der Waals surface area contributed by atoms with E-state index in [-0.39, 0.29) is 24.5 Å². The zero-order chi connectivity index (χ0) is 20.3. The molecule has 1 aromatic carbocycles. The van der Waals surface area contributed by atoms with Crippen LogP contribution < -0.4 is 5.32 Å². The molecule has 28 heavy (non-hydrogen) atoms. The number of aliphatic hydroxyl groups is 1. The molecule has 0 bridgehead atoms. The Labute approximate surface area is 169 Å². The molecule has 0 aliphatic carbocycles. The largest absolute Gasteiger partial charge is 0.394 e. The Balaban J connectivity index is 2.12. The number of hydrogen-bond donors (Lipinski definition) is 2. The average Bonchev–Trinajstić information content (AvgIpc) is 3.18. The van der Waals surface area contributed by atoms with Crippen LogP contribution in [0, 0.1) is 6.92 Å². The molecular weight excluding hydrogens is 370 g/mol. The van der Waals surface area contributed by atoms with Crippen molar-refractivity contribution >= 4 is 17.2 Å². The third-order valence-electron chi connectivity index (χ3n) is 4.46. The number of carbonyl (C=O) groups is 1. The number of carbonyl (C=O) groups excluding carboxylic acids is 1. The minimum Gasteiger partial charge on any atom is -0.394 e. The Morgan fingerprint density at radius 3 is 2.54 bits per heavy atom. The van der Waals surface area contributed by atoms with E-state index in [0.29, 0.717) is 5.56 Å². The SMILES string of the molecule is Cc1ccc(-c2cc(C(=O)N[C@@H](C)CO)cc(-c3scnc3C(C)C)c2)nc1. The molecule has 146 valence electrons. The molecule has 0 aliphatic heterocycles. The highest BCUT2D eigenvalue weighted by Gasteiger charge is 2.17. The van der Waals surface area contributed by atoms with E-state index in [2.05, 4.69) is 35.2 Å². The molecule has 2 N–H and O–H groups in total. The lowest BCUT2D eigenvalue weighted by Gasteiger charge is -2.14. The molecule has 5 nitrogen and oxygen atoms in total. The maximum absolute atomic E-state index is 12.7. The topological polar surface area (TPSA) is 75.1 Å². The van der Waals surface area contributed by atoms with E-state index < -0.39 is 0 Å². The lowest BCUT2D eigenvalue weighted by molar-refractivity contribution is 0.0922. The number of thiazole rings is 1. The second kappa shape index (κ2) is 8.63. The fraction of sp³-hybridized carbons (Fsp3) is 0.318. The van der Waals surface area contributed by atoms with Gasteiger partial charge in [0.25, 0.3) is 5.91 Å². The van der Waals surface area contributed by atoms with Crippen LogP contribution in [0.15, 0.2) is 42.0 Å². The Hall–Kier alpha value is -2.57. The zero-order valence-electron chi connectivity index (χ0n) is 16.6. The normalized spacial score (nSPS) is 12.2. The maximum atomic E-state index is 12.7. The third-order valence-corrected chi connectivity index (χ3v) is 5.35. The summed E-state index contributed by atoms with van der Waals surface area (Å²) in [6, 6.07) is 9.44. The van der Waals surface area contributed by atoms with Crippen molar-refractivity contribution in [1.29, 1.82) is 0 Å². The molecular formula is C22H25N3O2S. The van der Waals surface area contributed by atoms with E-state index in [9.17, 15) is 9.90 Å². The van der Waals surface area contributed by atoms with Crippen LogP contribution in [-0.2, 0) is 0 Å². The number of nitrogens with one attached hydrogen (secondary N) is 1. The fourth-order valence-electron chi connectivity index (χ4n) is 2.91. The highest BCUT2D eigenvalue weighted by atomic mass is 32.1. The van der Waals surface area contributed by atoms with Gasteiger partial charge in [-0.3, -0.25) is 9.78 Å². The molecule has 1 atom stereocenters. The third kappa shape index (κ3) is 4.46. The minimum absolute atomic E-state index is 0.107. The van der Waals surface area contributed by atoms with Crippen molar-refractivity contribution in [2.24, 2.45) is 0 Å². The van der Waals surface area contributed by atoms with Gasteiger partial charge in [-0.05, 0) is 55.2 Å². The van der Waals surface area contributed by atoms with E-state index in [1.165, 1.54) is 0 Å². The van der Waals surface area contributed by atoms with Crippen molar-refractivity contribution in [3.8, 4) is 21.7 Å². The predicted octanol–water partition coefficient (Wildman–Crippen LogP) is 4.41. The first kappa shape index (κ1) is 20.2. The van der Waals surface area contributed by atoms with Gasteiger partial charge in [-0.25, -0.2) is 4.98 Å². The second-order valence-corrected chi connectivity index (χ2v) is 8.15. The van der Waals surface area contributed by atoms with Gasteiger partial charge >= 0.3 is 0 Å². The quantitative estimate of drug-likeness (QED) is 0.648. The van der Waals surface area contributed by atoms with Crippen molar-refractivity contribution in [1.82, 2.24) is 15.3 Å². The molecule has 2 heterocycles. The number of aromatic nitrogens is 2. The van der Waals surface area contributed by atoms with Gasteiger partial charge in [0.15, 0.2) is 0 Å². The van der Waals surface area contributed by atoms with Crippen molar-refractivity contribution in [3.63, 3.8) is 0 Å². The lowest BCUT2D eigenvalue weighted by Crippen LogP contribution is -2.35. The van der Waals surface area contributed by atoms with Crippen molar-refractivity contribution in [2.75, 3.05) is 6.61 Å². The van der Waals surface area contributed by atoms with E-state index in [1.807, 2.05) is 42.9 Å². The van der Waals surface area contributed by atoms with Crippen LogP contribution >= 0.6 is 11.3 Å². The van der Waals surface area contributed by atoms with Gasteiger partial charge in [-0.1, -0.05) is 19.9 Å².